The highest BCUT2D eigenvalue weighted by Gasteiger charge is 2.25. The Morgan fingerprint density at radius 1 is 1.04 bits per heavy atom. The van der Waals surface area contributed by atoms with Gasteiger partial charge in [0.1, 0.15) is 16.9 Å². The molecule has 0 aliphatic heterocycles. The normalized spacial score (nSPS) is 12.4. The van der Waals surface area contributed by atoms with Gasteiger partial charge in [-0.15, -0.1) is 0 Å². The summed E-state index contributed by atoms with van der Waals surface area (Å²) >= 11 is 3.56. The van der Waals surface area contributed by atoms with Crippen molar-refractivity contribution in [2.75, 3.05) is 0 Å². The van der Waals surface area contributed by atoms with Gasteiger partial charge >= 0.3 is 0 Å². The minimum absolute atomic E-state index is 0.110. The van der Waals surface area contributed by atoms with Gasteiger partial charge in [-0.2, -0.15) is 0 Å². The topological polar surface area (TPSA) is 62.5 Å². The zero-order valence-corrected chi connectivity index (χ0v) is 15.6. The number of para-hydroxylation sites is 1. The van der Waals surface area contributed by atoms with Crippen molar-refractivity contribution in [1.82, 2.24) is 5.32 Å². The van der Waals surface area contributed by atoms with Gasteiger partial charge in [0, 0.05) is 27.7 Å². The van der Waals surface area contributed by atoms with Crippen molar-refractivity contribution in [3.8, 4) is 5.75 Å². The molecule has 0 spiro atoms. The van der Waals surface area contributed by atoms with Gasteiger partial charge in [-0.05, 0) is 29.8 Å². The van der Waals surface area contributed by atoms with E-state index in [9.17, 15) is 9.90 Å². The maximum absolute atomic E-state index is 11.9. The number of nitrogens with one attached hydrogen (secondary N) is 1. The molecule has 4 nitrogen and oxygen atoms in total. The Hall–Kier alpha value is -2.79. The van der Waals surface area contributed by atoms with Crippen LogP contribution in [-0.2, 0) is 4.79 Å². The summed E-state index contributed by atoms with van der Waals surface area (Å²) in [4.78, 5) is 11.9. The highest BCUT2D eigenvalue weighted by Crippen LogP contribution is 2.42. The lowest BCUT2D eigenvalue weighted by Crippen LogP contribution is -2.27. The summed E-state index contributed by atoms with van der Waals surface area (Å²) in [5.74, 6) is -0.0755. The van der Waals surface area contributed by atoms with E-state index in [1.54, 1.807) is 12.1 Å². The van der Waals surface area contributed by atoms with Crippen molar-refractivity contribution in [2.24, 2.45) is 0 Å². The fraction of sp³-hybridized carbons (Fsp3) is 0.0952. The molecule has 4 rings (SSSR count). The molecule has 1 aromatic heterocycles. The summed E-state index contributed by atoms with van der Waals surface area (Å²) in [6.07, 6.45) is 0. The van der Waals surface area contributed by atoms with Crippen molar-refractivity contribution >= 4 is 43.8 Å². The molecule has 3 aromatic carbocycles. The number of fused-ring (bicyclic) bond motifs is 3. The molecule has 0 saturated carbocycles. The Morgan fingerprint density at radius 2 is 1.77 bits per heavy atom. The number of phenols is 1. The Bertz CT molecular complexity index is 1130. The van der Waals surface area contributed by atoms with Crippen LogP contribution in [0.2, 0.25) is 0 Å². The van der Waals surface area contributed by atoms with Gasteiger partial charge in [-0.1, -0.05) is 52.3 Å². The second-order valence-corrected chi connectivity index (χ2v) is 6.98. The van der Waals surface area contributed by atoms with E-state index in [2.05, 4.69) is 21.2 Å². The predicted molar refractivity (Wildman–Crippen MR) is 105 cm³/mol. The summed E-state index contributed by atoms with van der Waals surface area (Å²) in [6, 6.07) is 18.2. The predicted octanol–water partition coefficient (Wildman–Crippen LogP) is 5.28. The zero-order chi connectivity index (χ0) is 18.3. The molecule has 2 N–H and O–H groups in total. The third kappa shape index (κ3) is 2.74. The van der Waals surface area contributed by atoms with Gasteiger partial charge in [0.05, 0.1) is 6.04 Å². The highest BCUT2D eigenvalue weighted by molar-refractivity contribution is 9.10. The first-order valence-corrected chi connectivity index (χ1v) is 9.00. The summed E-state index contributed by atoms with van der Waals surface area (Å²) in [5.41, 5.74) is 2.88. The van der Waals surface area contributed by atoms with E-state index in [0.717, 1.165) is 26.4 Å². The number of hydrogen-bond acceptors (Lipinski definition) is 3. The first kappa shape index (κ1) is 16.7. The Labute approximate surface area is 158 Å². The molecule has 1 amide bonds. The van der Waals surface area contributed by atoms with Gasteiger partial charge in [-0.3, -0.25) is 4.79 Å². The summed E-state index contributed by atoms with van der Waals surface area (Å²) < 4.78 is 6.78. The van der Waals surface area contributed by atoms with Gasteiger partial charge < -0.3 is 14.8 Å². The molecular formula is C21H16BrNO3. The van der Waals surface area contributed by atoms with Gasteiger partial charge in [0.2, 0.25) is 5.91 Å². The third-order valence-corrected chi connectivity index (χ3v) is 5.14. The van der Waals surface area contributed by atoms with Gasteiger partial charge in [0.15, 0.2) is 0 Å². The van der Waals surface area contributed by atoms with E-state index in [-0.39, 0.29) is 11.7 Å². The van der Waals surface area contributed by atoms with Crippen LogP contribution in [0.5, 0.6) is 5.75 Å². The Kier molecular flexibility index (Phi) is 4.17. The fourth-order valence-corrected chi connectivity index (χ4v) is 3.86. The van der Waals surface area contributed by atoms with Gasteiger partial charge in [0.25, 0.3) is 0 Å². The number of hydrogen-bond donors (Lipinski definition) is 2. The number of phenolic OH excluding ortho intramolecular Hbond substituents is 1. The smallest absolute Gasteiger partial charge is 0.217 e. The van der Waals surface area contributed by atoms with Crippen molar-refractivity contribution in [2.45, 2.75) is 13.0 Å². The van der Waals surface area contributed by atoms with Crippen molar-refractivity contribution in [3.05, 3.63) is 76.3 Å². The highest BCUT2D eigenvalue weighted by atomic mass is 79.9. The minimum Gasteiger partial charge on any atom is -0.508 e. The second kappa shape index (κ2) is 6.50. The van der Waals surface area contributed by atoms with E-state index in [4.69, 9.17) is 4.42 Å². The molecule has 26 heavy (non-hydrogen) atoms. The molecule has 0 aliphatic carbocycles. The average Bonchev–Trinajstić information content (AvgIpc) is 2.99. The number of rotatable bonds is 3. The number of halogens is 1. The van der Waals surface area contributed by atoms with E-state index in [1.807, 2.05) is 48.5 Å². The molecule has 1 unspecified atom stereocenters. The third-order valence-electron chi connectivity index (χ3n) is 4.41. The first-order chi connectivity index (χ1) is 12.6. The molecule has 130 valence electrons. The molecule has 1 atom stereocenters. The second-order valence-electron chi connectivity index (χ2n) is 6.12. The number of aromatic hydroxyl groups is 1. The lowest BCUT2D eigenvalue weighted by molar-refractivity contribution is -0.119. The average molecular weight is 410 g/mol. The van der Waals surface area contributed by atoms with Crippen LogP contribution in [0.4, 0.5) is 0 Å². The standard InChI is InChI=1S/C21H16BrNO3/c1-12(24)23-21(13-6-2-4-8-15(13)22)20-16(25)10-11-18-19(20)14-7-3-5-9-17(14)26-18/h2-11,21,25H,1H3,(H,23,24). The zero-order valence-electron chi connectivity index (χ0n) is 14.0. The molecule has 0 bridgehead atoms. The van der Waals surface area contributed by atoms with Gasteiger partial charge in [-0.25, -0.2) is 0 Å². The molecule has 5 heteroatoms. The lowest BCUT2D eigenvalue weighted by Gasteiger charge is -2.22. The first-order valence-electron chi connectivity index (χ1n) is 8.21. The van der Waals surface area contributed by atoms with Crippen molar-refractivity contribution < 1.29 is 14.3 Å². The number of furan rings is 1. The van der Waals surface area contributed by atoms with Crippen molar-refractivity contribution in [1.29, 1.82) is 0 Å². The van der Waals surface area contributed by atoms with Crippen LogP contribution in [0, 0.1) is 0 Å². The number of amides is 1. The van der Waals surface area contributed by atoms with Crippen LogP contribution in [0.25, 0.3) is 21.9 Å². The van der Waals surface area contributed by atoms with Crippen molar-refractivity contribution in [3.63, 3.8) is 0 Å². The molecule has 0 fully saturated rings. The Balaban J connectivity index is 2.07. The summed E-state index contributed by atoms with van der Waals surface area (Å²) in [5, 5.41) is 15.4. The number of benzene rings is 3. The van der Waals surface area contributed by atoms with E-state index >= 15 is 0 Å². The quantitative estimate of drug-likeness (QED) is 0.483. The number of carbonyl (C=O) groups excluding carboxylic acids is 1. The molecular weight excluding hydrogens is 394 g/mol. The number of carbonyl (C=O) groups is 1. The monoisotopic (exact) mass is 409 g/mol. The van der Waals surface area contributed by atoms with Crippen LogP contribution < -0.4 is 5.32 Å². The minimum atomic E-state index is -0.521. The van der Waals surface area contributed by atoms with E-state index < -0.39 is 6.04 Å². The van der Waals surface area contributed by atoms with Crippen LogP contribution in [0.3, 0.4) is 0 Å². The molecule has 4 aromatic rings. The largest absolute Gasteiger partial charge is 0.508 e. The van der Waals surface area contributed by atoms with Crippen LogP contribution in [0.1, 0.15) is 24.1 Å². The molecule has 1 heterocycles. The SMILES string of the molecule is CC(=O)NC(c1ccccc1Br)c1c(O)ccc2oc3ccccc3c12. The maximum Gasteiger partial charge on any atom is 0.217 e. The summed E-state index contributed by atoms with van der Waals surface area (Å²) in [7, 11) is 0. The van der Waals surface area contributed by atoms with E-state index in [0.29, 0.717) is 11.1 Å². The molecule has 0 radical (unpaired) electrons. The fourth-order valence-electron chi connectivity index (χ4n) is 3.34. The van der Waals surface area contributed by atoms with Crippen LogP contribution in [-0.4, -0.2) is 11.0 Å². The van der Waals surface area contributed by atoms with Crippen LogP contribution in [0.15, 0.2) is 69.6 Å². The maximum atomic E-state index is 11.9. The molecule has 0 aliphatic rings. The Morgan fingerprint density at radius 3 is 2.54 bits per heavy atom. The lowest BCUT2D eigenvalue weighted by atomic mass is 9.93. The molecule has 0 saturated heterocycles. The van der Waals surface area contributed by atoms with Crippen LogP contribution >= 0.6 is 15.9 Å². The van der Waals surface area contributed by atoms with E-state index in [1.165, 1.54) is 6.92 Å². The summed E-state index contributed by atoms with van der Waals surface area (Å²) in [6.45, 7) is 1.47.